The highest BCUT2D eigenvalue weighted by atomic mass is 32.2. The molecule has 142 valence electrons. The Hall–Kier alpha value is -1.25. The third kappa shape index (κ3) is 4.53. The summed E-state index contributed by atoms with van der Waals surface area (Å²) < 4.78 is 25.3. The van der Waals surface area contributed by atoms with Crippen LogP contribution in [0.15, 0.2) is 22.9 Å². The SMILES string of the molecule is CC1CCCCC1NC(=O)C(C)S(=O)(=O)Cc1csc(-c2cccs2)n1. The van der Waals surface area contributed by atoms with E-state index >= 15 is 0 Å². The van der Waals surface area contributed by atoms with Gasteiger partial charge in [-0.15, -0.1) is 22.7 Å². The second kappa shape index (κ2) is 8.19. The second-order valence-electron chi connectivity index (χ2n) is 6.95. The Balaban J connectivity index is 1.64. The normalized spacial score (nSPS) is 22.1. The van der Waals surface area contributed by atoms with Gasteiger partial charge in [0.15, 0.2) is 9.84 Å². The number of sulfone groups is 1. The maximum absolute atomic E-state index is 12.7. The summed E-state index contributed by atoms with van der Waals surface area (Å²) in [5.41, 5.74) is 0.504. The van der Waals surface area contributed by atoms with E-state index < -0.39 is 21.0 Å². The van der Waals surface area contributed by atoms with Crippen molar-refractivity contribution >= 4 is 38.4 Å². The molecule has 2 heterocycles. The molecule has 2 aromatic heterocycles. The molecule has 1 aliphatic carbocycles. The van der Waals surface area contributed by atoms with E-state index in [0.717, 1.165) is 29.1 Å². The molecule has 1 N–H and O–H groups in total. The van der Waals surface area contributed by atoms with Gasteiger partial charge < -0.3 is 5.32 Å². The Morgan fingerprint density at radius 2 is 2.12 bits per heavy atom. The summed E-state index contributed by atoms with van der Waals surface area (Å²) in [6, 6.07) is 3.98. The largest absolute Gasteiger partial charge is 0.352 e. The Morgan fingerprint density at radius 3 is 2.81 bits per heavy atom. The number of thiazole rings is 1. The number of thiophene rings is 1. The monoisotopic (exact) mass is 412 g/mol. The lowest BCUT2D eigenvalue weighted by atomic mass is 9.86. The maximum atomic E-state index is 12.7. The fourth-order valence-electron chi connectivity index (χ4n) is 3.21. The number of hydrogen-bond acceptors (Lipinski definition) is 6. The molecule has 1 fully saturated rings. The Kier molecular flexibility index (Phi) is 6.14. The first-order valence-electron chi connectivity index (χ1n) is 8.87. The number of hydrogen-bond donors (Lipinski definition) is 1. The molecular formula is C18H24N2O3S3. The zero-order valence-electron chi connectivity index (χ0n) is 15.0. The first-order valence-corrected chi connectivity index (χ1v) is 12.3. The van der Waals surface area contributed by atoms with Gasteiger partial charge in [-0.2, -0.15) is 0 Å². The van der Waals surface area contributed by atoms with Crippen LogP contribution in [0.5, 0.6) is 0 Å². The van der Waals surface area contributed by atoms with Crippen molar-refractivity contribution < 1.29 is 13.2 Å². The quantitative estimate of drug-likeness (QED) is 0.781. The highest BCUT2D eigenvalue weighted by Crippen LogP contribution is 2.29. The van der Waals surface area contributed by atoms with E-state index in [0.29, 0.717) is 11.6 Å². The first kappa shape index (κ1) is 19.5. The zero-order chi connectivity index (χ0) is 18.7. The molecule has 0 aliphatic heterocycles. The van der Waals surface area contributed by atoms with Crippen LogP contribution >= 0.6 is 22.7 Å². The molecule has 1 amide bonds. The predicted octanol–water partition coefficient (Wildman–Crippen LogP) is 3.87. The van der Waals surface area contributed by atoms with Crippen LogP contribution < -0.4 is 5.32 Å². The van der Waals surface area contributed by atoms with Gasteiger partial charge in [-0.1, -0.05) is 25.8 Å². The van der Waals surface area contributed by atoms with Gasteiger partial charge in [-0.05, 0) is 37.1 Å². The molecule has 1 aliphatic rings. The fourth-order valence-corrected chi connectivity index (χ4v) is 6.16. The van der Waals surface area contributed by atoms with E-state index in [1.54, 1.807) is 16.7 Å². The molecule has 2 aromatic rings. The standard InChI is InChI=1S/C18H24N2O3S3/c1-12-6-3-4-7-15(12)20-17(21)13(2)26(22,23)11-14-10-25-18(19-14)16-8-5-9-24-16/h5,8-10,12-13,15H,3-4,6-7,11H2,1-2H3,(H,20,21). The summed E-state index contributed by atoms with van der Waals surface area (Å²) in [4.78, 5) is 17.9. The summed E-state index contributed by atoms with van der Waals surface area (Å²) in [6.07, 6.45) is 4.27. The molecule has 5 nitrogen and oxygen atoms in total. The summed E-state index contributed by atoms with van der Waals surface area (Å²) in [6.45, 7) is 3.59. The maximum Gasteiger partial charge on any atom is 0.238 e. The van der Waals surface area contributed by atoms with Gasteiger partial charge in [-0.3, -0.25) is 4.79 Å². The molecule has 3 rings (SSSR count). The molecule has 1 saturated carbocycles. The summed E-state index contributed by atoms with van der Waals surface area (Å²) in [5.74, 6) is -0.198. The van der Waals surface area contributed by atoms with Crippen molar-refractivity contribution in [3.05, 3.63) is 28.6 Å². The second-order valence-corrected chi connectivity index (χ2v) is 11.1. The molecule has 3 unspecified atom stereocenters. The van der Waals surface area contributed by atoms with Crippen LogP contribution in [0, 0.1) is 5.92 Å². The summed E-state index contributed by atoms with van der Waals surface area (Å²) in [5, 5.41) is 6.43. The lowest BCUT2D eigenvalue weighted by molar-refractivity contribution is -0.121. The average Bonchev–Trinajstić information content (AvgIpc) is 3.27. The molecule has 0 saturated heterocycles. The molecule has 0 aromatic carbocycles. The third-order valence-corrected chi connectivity index (χ3v) is 8.90. The zero-order valence-corrected chi connectivity index (χ0v) is 17.4. The van der Waals surface area contributed by atoms with E-state index in [9.17, 15) is 13.2 Å². The van der Waals surface area contributed by atoms with Crippen molar-refractivity contribution in [3.63, 3.8) is 0 Å². The van der Waals surface area contributed by atoms with Crippen molar-refractivity contribution in [2.75, 3.05) is 0 Å². The van der Waals surface area contributed by atoms with Crippen molar-refractivity contribution in [1.82, 2.24) is 10.3 Å². The Labute approximate surface area is 162 Å². The van der Waals surface area contributed by atoms with E-state index in [1.807, 2.05) is 17.5 Å². The molecule has 3 atom stereocenters. The van der Waals surface area contributed by atoms with Crippen molar-refractivity contribution in [3.8, 4) is 9.88 Å². The van der Waals surface area contributed by atoms with Crippen molar-refractivity contribution in [2.24, 2.45) is 5.92 Å². The van der Waals surface area contributed by atoms with Crippen LogP contribution in [0.4, 0.5) is 0 Å². The topological polar surface area (TPSA) is 76.1 Å². The first-order chi connectivity index (χ1) is 12.4. The van der Waals surface area contributed by atoms with Gasteiger partial charge in [0.05, 0.1) is 16.3 Å². The van der Waals surface area contributed by atoms with E-state index in [-0.39, 0.29) is 11.8 Å². The lowest BCUT2D eigenvalue weighted by Gasteiger charge is -2.30. The number of rotatable bonds is 6. The van der Waals surface area contributed by atoms with Gasteiger partial charge >= 0.3 is 0 Å². The lowest BCUT2D eigenvalue weighted by Crippen LogP contribution is -2.47. The minimum Gasteiger partial charge on any atom is -0.352 e. The van der Waals surface area contributed by atoms with Crippen LogP contribution in [0.25, 0.3) is 9.88 Å². The Morgan fingerprint density at radius 1 is 1.35 bits per heavy atom. The number of carbonyl (C=O) groups is 1. The predicted molar refractivity (Wildman–Crippen MR) is 107 cm³/mol. The van der Waals surface area contributed by atoms with E-state index in [1.165, 1.54) is 24.7 Å². The molecule has 8 heteroatoms. The van der Waals surface area contributed by atoms with Crippen LogP contribution in [0.1, 0.15) is 45.2 Å². The van der Waals surface area contributed by atoms with Gasteiger partial charge in [-0.25, -0.2) is 13.4 Å². The van der Waals surface area contributed by atoms with Crippen molar-refractivity contribution in [2.45, 2.75) is 56.6 Å². The van der Waals surface area contributed by atoms with Crippen molar-refractivity contribution in [1.29, 1.82) is 0 Å². The van der Waals surface area contributed by atoms with Gasteiger partial charge in [0.25, 0.3) is 0 Å². The van der Waals surface area contributed by atoms with E-state index in [2.05, 4.69) is 17.2 Å². The van der Waals surface area contributed by atoms with Crippen LogP contribution in [-0.2, 0) is 20.4 Å². The molecule has 0 radical (unpaired) electrons. The highest BCUT2D eigenvalue weighted by molar-refractivity contribution is 7.92. The molecule has 0 spiro atoms. The van der Waals surface area contributed by atoms with Crippen LogP contribution in [0.3, 0.4) is 0 Å². The molecular weight excluding hydrogens is 388 g/mol. The Bertz CT molecular complexity index is 843. The molecule has 26 heavy (non-hydrogen) atoms. The number of carbonyl (C=O) groups excluding carboxylic acids is 1. The minimum atomic E-state index is -3.60. The molecule has 0 bridgehead atoms. The third-order valence-electron chi connectivity index (χ3n) is 4.98. The average molecular weight is 413 g/mol. The van der Waals surface area contributed by atoms with Gasteiger partial charge in [0.2, 0.25) is 5.91 Å². The van der Waals surface area contributed by atoms with Crippen LogP contribution in [0.2, 0.25) is 0 Å². The minimum absolute atomic E-state index is 0.0820. The highest BCUT2D eigenvalue weighted by Gasteiger charge is 2.32. The number of amides is 1. The number of nitrogens with zero attached hydrogens (tertiary/aromatic N) is 1. The fraction of sp³-hybridized carbons (Fsp3) is 0.556. The van der Waals surface area contributed by atoms with Gasteiger partial charge in [0, 0.05) is 11.4 Å². The number of aromatic nitrogens is 1. The van der Waals surface area contributed by atoms with E-state index in [4.69, 9.17) is 0 Å². The summed E-state index contributed by atoms with van der Waals surface area (Å²) in [7, 11) is -3.60. The van der Waals surface area contributed by atoms with Crippen LogP contribution in [-0.4, -0.2) is 30.6 Å². The summed E-state index contributed by atoms with van der Waals surface area (Å²) >= 11 is 3.00. The smallest absolute Gasteiger partial charge is 0.238 e. The number of nitrogens with one attached hydrogen (secondary N) is 1. The van der Waals surface area contributed by atoms with Gasteiger partial charge in [0.1, 0.15) is 10.3 Å².